The molecule has 1 aliphatic rings. The molecule has 0 aliphatic heterocycles. The fourth-order valence-electron chi connectivity index (χ4n) is 2.89. The lowest BCUT2D eigenvalue weighted by molar-refractivity contribution is 0.228. The van der Waals surface area contributed by atoms with Crippen molar-refractivity contribution in [3.8, 4) is 0 Å². The van der Waals surface area contributed by atoms with Gasteiger partial charge in [0, 0.05) is 21.2 Å². The highest BCUT2D eigenvalue weighted by Gasteiger charge is 2.27. The molecule has 1 fully saturated rings. The smallest absolute Gasteiger partial charge is 0.214 e. The van der Waals surface area contributed by atoms with E-state index in [2.05, 4.69) is 4.72 Å². The molecule has 0 saturated heterocycles. The first-order valence-electron chi connectivity index (χ1n) is 7.85. The molecule has 7 heteroatoms. The maximum atomic E-state index is 12.3. The zero-order chi connectivity index (χ0) is 16.3. The van der Waals surface area contributed by atoms with Crippen molar-refractivity contribution in [2.75, 3.05) is 0 Å². The quantitative estimate of drug-likeness (QED) is 0.815. The number of aliphatic hydroxyl groups is 1. The first-order valence-corrected chi connectivity index (χ1v) is 11.1. The van der Waals surface area contributed by atoms with Crippen LogP contribution >= 0.6 is 22.7 Å². The Morgan fingerprint density at radius 1 is 1.17 bits per heavy atom. The molecule has 126 valence electrons. The van der Waals surface area contributed by atoms with E-state index in [9.17, 15) is 13.5 Å². The Balaban J connectivity index is 1.61. The summed E-state index contributed by atoms with van der Waals surface area (Å²) >= 11 is 2.97. The zero-order valence-corrected chi connectivity index (χ0v) is 15.2. The molecule has 0 spiro atoms. The summed E-state index contributed by atoms with van der Waals surface area (Å²) in [5.41, 5.74) is 0. The molecule has 0 amide bonds. The summed E-state index contributed by atoms with van der Waals surface area (Å²) < 4.78 is 27.4. The van der Waals surface area contributed by atoms with Gasteiger partial charge in [-0.15, -0.1) is 22.7 Å². The number of sulfonamides is 1. The summed E-state index contributed by atoms with van der Waals surface area (Å²) in [5, 5.41) is 12.0. The van der Waals surface area contributed by atoms with Crippen LogP contribution in [0, 0.1) is 0 Å². The minimum absolute atomic E-state index is 0.243. The molecule has 1 unspecified atom stereocenters. The number of hydrogen-bond acceptors (Lipinski definition) is 5. The van der Waals surface area contributed by atoms with Gasteiger partial charge in [0.05, 0.1) is 5.25 Å². The normalized spacial score (nSPS) is 18.1. The average Bonchev–Trinajstić information content (AvgIpc) is 3.25. The summed E-state index contributed by atoms with van der Waals surface area (Å²) in [6, 6.07) is 7.58. The Morgan fingerprint density at radius 2 is 1.96 bits per heavy atom. The second-order valence-electron chi connectivity index (χ2n) is 5.85. The van der Waals surface area contributed by atoms with Gasteiger partial charge < -0.3 is 5.11 Å². The van der Waals surface area contributed by atoms with E-state index in [1.54, 1.807) is 0 Å². The van der Waals surface area contributed by atoms with Crippen LogP contribution in [0.2, 0.25) is 0 Å². The van der Waals surface area contributed by atoms with E-state index in [4.69, 9.17) is 0 Å². The van der Waals surface area contributed by atoms with Gasteiger partial charge in [-0.3, -0.25) is 0 Å². The lowest BCUT2D eigenvalue weighted by Gasteiger charge is -2.21. The topological polar surface area (TPSA) is 66.4 Å². The minimum Gasteiger partial charge on any atom is -0.382 e. The van der Waals surface area contributed by atoms with Gasteiger partial charge in [-0.05, 0) is 36.4 Å². The number of rotatable bonds is 6. The van der Waals surface area contributed by atoms with Crippen molar-refractivity contribution in [2.24, 2.45) is 0 Å². The third-order valence-electron chi connectivity index (χ3n) is 4.20. The molecule has 4 nitrogen and oxygen atoms in total. The van der Waals surface area contributed by atoms with Crippen LogP contribution < -0.4 is 4.72 Å². The Kier molecular flexibility index (Phi) is 5.53. The van der Waals surface area contributed by atoms with E-state index in [0.717, 1.165) is 46.7 Å². The number of hydrogen-bond donors (Lipinski definition) is 2. The van der Waals surface area contributed by atoms with Gasteiger partial charge in [0.15, 0.2) is 0 Å². The summed E-state index contributed by atoms with van der Waals surface area (Å²) in [4.78, 5) is 2.68. The van der Waals surface area contributed by atoms with Crippen LogP contribution in [0.25, 0.3) is 0 Å². The van der Waals surface area contributed by atoms with Crippen molar-refractivity contribution < 1.29 is 13.5 Å². The molecule has 2 heterocycles. The van der Waals surface area contributed by atoms with Gasteiger partial charge in [-0.1, -0.05) is 25.3 Å². The molecule has 1 saturated carbocycles. The molecule has 0 radical (unpaired) electrons. The molecular formula is C16H21NO3S3. The lowest BCUT2D eigenvalue weighted by Crippen LogP contribution is -2.35. The van der Waals surface area contributed by atoms with E-state index in [1.807, 2.05) is 29.6 Å². The number of aliphatic hydroxyl groups excluding tert-OH is 1. The third kappa shape index (κ3) is 4.22. The third-order valence-corrected chi connectivity index (χ3v) is 8.16. The van der Waals surface area contributed by atoms with Crippen molar-refractivity contribution in [1.82, 2.24) is 4.72 Å². The summed E-state index contributed by atoms with van der Waals surface area (Å²) in [5.74, 6) is 0. The highest BCUT2D eigenvalue weighted by molar-refractivity contribution is 7.90. The lowest BCUT2D eigenvalue weighted by atomic mass is 10.0. The minimum atomic E-state index is -3.24. The van der Waals surface area contributed by atoms with Crippen molar-refractivity contribution in [3.05, 3.63) is 44.3 Å². The SMILES string of the molecule is O=S(=O)(NCc1ccc(C(O)c2cccs2)s1)C1CCCCC1. The Morgan fingerprint density at radius 3 is 2.65 bits per heavy atom. The fraction of sp³-hybridized carbons (Fsp3) is 0.500. The van der Waals surface area contributed by atoms with Crippen molar-refractivity contribution in [2.45, 2.75) is 50.0 Å². The summed E-state index contributed by atoms with van der Waals surface area (Å²) in [6.07, 6.45) is 4.05. The molecule has 1 aliphatic carbocycles. The van der Waals surface area contributed by atoms with Gasteiger partial charge in [0.2, 0.25) is 10.0 Å². The molecule has 3 rings (SSSR count). The first kappa shape index (κ1) is 17.1. The van der Waals surface area contributed by atoms with Crippen LogP contribution in [0.4, 0.5) is 0 Å². The van der Waals surface area contributed by atoms with Crippen LogP contribution in [0.5, 0.6) is 0 Å². The number of nitrogens with one attached hydrogen (secondary N) is 1. The van der Waals surface area contributed by atoms with Crippen LogP contribution in [-0.2, 0) is 16.6 Å². The predicted octanol–water partition coefficient (Wildman–Crippen LogP) is 3.64. The molecule has 2 aromatic heterocycles. The van der Waals surface area contributed by atoms with Crippen molar-refractivity contribution in [1.29, 1.82) is 0 Å². The standard InChI is InChI=1S/C16H21NO3S3/c18-16(14-7-4-10-21-14)15-9-8-12(22-15)11-17-23(19,20)13-5-2-1-3-6-13/h4,7-10,13,16-18H,1-3,5-6,11H2. The van der Waals surface area contributed by atoms with E-state index >= 15 is 0 Å². The van der Waals surface area contributed by atoms with Crippen molar-refractivity contribution >= 4 is 32.7 Å². The van der Waals surface area contributed by atoms with E-state index in [1.165, 1.54) is 22.7 Å². The maximum Gasteiger partial charge on any atom is 0.214 e. The molecule has 0 aromatic carbocycles. The molecule has 0 bridgehead atoms. The van der Waals surface area contributed by atoms with Crippen LogP contribution in [0.1, 0.15) is 52.8 Å². The molecule has 2 aromatic rings. The van der Waals surface area contributed by atoms with E-state index in [0.29, 0.717) is 6.54 Å². The molecular weight excluding hydrogens is 350 g/mol. The van der Waals surface area contributed by atoms with Crippen LogP contribution in [-0.4, -0.2) is 18.8 Å². The predicted molar refractivity (Wildman–Crippen MR) is 95.3 cm³/mol. The van der Waals surface area contributed by atoms with E-state index in [-0.39, 0.29) is 5.25 Å². The fourth-order valence-corrected chi connectivity index (χ4v) is 6.29. The second-order valence-corrected chi connectivity index (χ2v) is 10.1. The van der Waals surface area contributed by atoms with Gasteiger partial charge in [-0.25, -0.2) is 13.1 Å². The zero-order valence-electron chi connectivity index (χ0n) is 12.8. The Hall–Kier alpha value is -0.730. The maximum absolute atomic E-state index is 12.3. The summed E-state index contributed by atoms with van der Waals surface area (Å²) in [6.45, 7) is 0.306. The molecule has 1 atom stereocenters. The Labute approximate surface area is 145 Å². The van der Waals surface area contributed by atoms with E-state index < -0.39 is 16.1 Å². The van der Waals surface area contributed by atoms with Gasteiger partial charge in [0.25, 0.3) is 0 Å². The average molecular weight is 372 g/mol. The number of thiophene rings is 2. The van der Waals surface area contributed by atoms with Crippen LogP contribution in [0.3, 0.4) is 0 Å². The van der Waals surface area contributed by atoms with Crippen LogP contribution in [0.15, 0.2) is 29.6 Å². The molecule has 23 heavy (non-hydrogen) atoms. The van der Waals surface area contributed by atoms with Gasteiger partial charge >= 0.3 is 0 Å². The monoisotopic (exact) mass is 371 g/mol. The van der Waals surface area contributed by atoms with Gasteiger partial charge in [-0.2, -0.15) is 0 Å². The van der Waals surface area contributed by atoms with Crippen molar-refractivity contribution in [3.63, 3.8) is 0 Å². The van der Waals surface area contributed by atoms with Gasteiger partial charge in [0.1, 0.15) is 6.10 Å². The first-order chi connectivity index (χ1) is 11.1. The molecule has 2 N–H and O–H groups in total. The highest BCUT2D eigenvalue weighted by Crippen LogP contribution is 2.31. The largest absolute Gasteiger partial charge is 0.382 e. The second kappa shape index (κ2) is 7.44. The highest BCUT2D eigenvalue weighted by atomic mass is 32.2. The summed E-state index contributed by atoms with van der Waals surface area (Å²) in [7, 11) is -3.24. The Bertz CT molecular complexity index is 716.